The molecule has 0 heterocycles. The lowest BCUT2D eigenvalue weighted by Crippen LogP contribution is -2.01. The van der Waals surface area contributed by atoms with E-state index in [0.29, 0.717) is 11.1 Å². The second kappa shape index (κ2) is 6.20. The van der Waals surface area contributed by atoms with Crippen LogP contribution in [0.15, 0.2) is 29.2 Å². The Morgan fingerprint density at radius 1 is 1.29 bits per heavy atom. The molecule has 14 heavy (non-hydrogen) atoms. The van der Waals surface area contributed by atoms with Crippen molar-refractivity contribution in [1.29, 1.82) is 0 Å². The van der Waals surface area contributed by atoms with Crippen molar-refractivity contribution in [3.05, 3.63) is 24.3 Å². The van der Waals surface area contributed by atoms with Gasteiger partial charge in [0.05, 0.1) is 0 Å². The van der Waals surface area contributed by atoms with Crippen LogP contribution in [0.4, 0.5) is 5.69 Å². The highest BCUT2D eigenvalue weighted by Gasteiger charge is 1.97. The van der Waals surface area contributed by atoms with Crippen LogP contribution in [0.2, 0.25) is 0 Å². The van der Waals surface area contributed by atoms with Crippen LogP contribution in [-0.2, 0) is 0 Å². The number of benzene rings is 1. The van der Waals surface area contributed by atoms with Crippen LogP contribution in [0.1, 0.15) is 13.8 Å². The Morgan fingerprint density at radius 3 is 2.43 bits per heavy atom. The molecule has 0 spiro atoms. The summed E-state index contributed by atoms with van der Waals surface area (Å²) in [6.45, 7) is 5.22. The fourth-order valence-corrected chi connectivity index (χ4v) is 2.05. The van der Waals surface area contributed by atoms with E-state index in [1.807, 2.05) is 11.8 Å². The SMILES string of the molecule is CC(C)Sc1ccc(NCCCl)cc1. The number of halogens is 1. The summed E-state index contributed by atoms with van der Waals surface area (Å²) in [6.07, 6.45) is 0. The maximum absolute atomic E-state index is 5.58. The fraction of sp³-hybridized carbons (Fsp3) is 0.455. The maximum atomic E-state index is 5.58. The molecule has 0 saturated carbocycles. The van der Waals surface area contributed by atoms with Gasteiger partial charge in [-0.25, -0.2) is 0 Å². The van der Waals surface area contributed by atoms with E-state index < -0.39 is 0 Å². The highest BCUT2D eigenvalue weighted by molar-refractivity contribution is 7.99. The molecule has 1 aromatic rings. The highest BCUT2D eigenvalue weighted by Crippen LogP contribution is 2.23. The topological polar surface area (TPSA) is 12.0 Å². The summed E-state index contributed by atoms with van der Waals surface area (Å²) in [6, 6.07) is 8.47. The molecule has 0 bridgehead atoms. The summed E-state index contributed by atoms with van der Waals surface area (Å²) >= 11 is 7.46. The first kappa shape index (κ1) is 11.7. The molecule has 78 valence electrons. The summed E-state index contributed by atoms with van der Waals surface area (Å²) in [5, 5.41) is 3.87. The molecule has 0 aromatic heterocycles. The number of thioether (sulfide) groups is 1. The van der Waals surface area contributed by atoms with E-state index in [1.54, 1.807) is 0 Å². The maximum Gasteiger partial charge on any atom is 0.0396 e. The summed E-state index contributed by atoms with van der Waals surface area (Å²) in [5.41, 5.74) is 1.14. The van der Waals surface area contributed by atoms with Gasteiger partial charge < -0.3 is 5.32 Å². The average molecular weight is 230 g/mol. The molecular formula is C11H16ClNS. The average Bonchev–Trinajstić information content (AvgIpc) is 2.16. The van der Waals surface area contributed by atoms with Crippen molar-refractivity contribution in [2.24, 2.45) is 0 Å². The lowest BCUT2D eigenvalue weighted by atomic mass is 10.3. The Bertz CT molecular complexity index is 258. The molecule has 0 atom stereocenters. The van der Waals surface area contributed by atoms with Gasteiger partial charge in [-0.3, -0.25) is 0 Å². The van der Waals surface area contributed by atoms with Gasteiger partial charge in [0, 0.05) is 28.3 Å². The molecule has 0 aliphatic carbocycles. The number of anilines is 1. The zero-order chi connectivity index (χ0) is 10.4. The van der Waals surface area contributed by atoms with Gasteiger partial charge in [0.15, 0.2) is 0 Å². The minimum Gasteiger partial charge on any atom is -0.384 e. The van der Waals surface area contributed by atoms with Crippen molar-refractivity contribution in [3.63, 3.8) is 0 Å². The van der Waals surface area contributed by atoms with E-state index in [2.05, 4.69) is 43.4 Å². The monoisotopic (exact) mass is 229 g/mol. The van der Waals surface area contributed by atoms with Gasteiger partial charge in [0.25, 0.3) is 0 Å². The van der Waals surface area contributed by atoms with Crippen LogP contribution in [0, 0.1) is 0 Å². The van der Waals surface area contributed by atoms with Crippen molar-refractivity contribution < 1.29 is 0 Å². The van der Waals surface area contributed by atoms with Crippen LogP contribution < -0.4 is 5.32 Å². The second-order valence-electron chi connectivity index (χ2n) is 3.31. The smallest absolute Gasteiger partial charge is 0.0396 e. The van der Waals surface area contributed by atoms with Gasteiger partial charge in [-0.1, -0.05) is 13.8 Å². The number of rotatable bonds is 5. The van der Waals surface area contributed by atoms with Crippen molar-refractivity contribution in [2.75, 3.05) is 17.7 Å². The Labute approximate surface area is 95.2 Å². The second-order valence-corrected chi connectivity index (χ2v) is 5.33. The van der Waals surface area contributed by atoms with E-state index in [4.69, 9.17) is 11.6 Å². The molecule has 1 rings (SSSR count). The highest BCUT2D eigenvalue weighted by atomic mass is 35.5. The molecule has 0 radical (unpaired) electrons. The van der Waals surface area contributed by atoms with Crippen LogP contribution in [-0.4, -0.2) is 17.7 Å². The first-order chi connectivity index (χ1) is 6.72. The first-order valence-electron chi connectivity index (χ1n) is 4.79. The van der Waals surface area contributed by atoms with E-state index >= 15 is 0 Å². The molecule has 1 N–H and O–H groups in total. The van der Waals surface area contributed by atoms with Crippen LogP contribution in [0.3, 0.4) is 0 Å². The van der Waals surface area contributed by atoms with E-state index in [-0.39, 0.29) is 0 Å². The number of nitrogens with one attached hydrogen (secondary N) is 1. The predicted molar refractivity (Wildman–Crippen MR) is 66.6 cm³/mol. The fourth-order valence-electron chi connectivity index (χ4n) is 1.12. The number of hydrogen-bond acceptors (Lipinski definition) is 2. The number of alkyl halides is 1. The molecule has 3 heteroatoms. The summed E-state index contributed by atoms with van der Waals surface area (Å²) < 4.78 is 0. The van der Waals surface area contributed by atoms with Gasteiger partial charge in [0.1, 0.15) is 0 Å². The molecule has 0 saturated heterocycles. The molecule has 0 aliphatic heterocycles. The van der Waals surface area contributed by atoms with Crippen LogP contribution >= 0.6 is 23.4 Å². The standard InChI is InChI=1S/C11H16ClNS/c1-9(2)14-11-5-3-10(4-6-11)13-8-7-12/h3-6,9,13H,7-8H2,1-2H3. The van der Waals surface area contributed by atoms with Crippen molar-refractivity contribution in [2.45, 2.75) is 24.0 Å². The normalized spacial score (nSPS) is 10.6. The van der Waals surface area contributed by atoms with E-state index in [9.17, 15) is 0 Å². The molecule has 0 aliphatic rings. The predicted octanol–water partition coefficient (Wildman–Crippen LogP) is 3.84. The molecule has 0 unspecified atom stereocenters. The molecular weight excluding hydrogens is 214 g/mol. The quantitative estimate of drug-likeness (QED) is 0.608. The molecule has 1 nitrogen and oxygen atoms in total. The Balaban J connectivity index is 2.50. The summed E-state index contributed by atoms with van der Waals surface area (Å²) in [7, 11) is 0. The third-order valence-electron chi connectivity index (χ3n) is 1.65. The lowest BCUT2D eigenvalue weighted by Gasteiger charge is -2.07. The van der Waals surface area contributed by atoms with Crippen LogP contribution in [0.25, 0.3) is 0 Å². The minimum absolute atomic E-state index is 0.636. The van der Waals surface area contributed by atoms with Gasteiger partial charge in [-0.05, 0) is 24.3 Å². The van der Waals surface area contributed by atoms with Crippen molar-refractivity contribution in [3.8, 4) is 0 Å². The van der Waals surface area contributed by atoms with E-state index in [0.717, 1.165) is 12.2 Å². The van der Waals surface area contributed by atoms with Gasteiger partial charge >= 0.3 is 0 Å². The first-order valence-corrected chi connectivity index (χ1v) is 6.20. The van der Waals surface area contributed by atoms with Crippen molar-refractivity contribution in [1.82, 2.24) is 0 Å². The van der Waals surface area contributed by atoms with Crippen molar-refractivity contribution >= 4 is 29.1 Å². The molecule has 0 amide bonds. The molecule has 0 fully saturated rings. The summed E-state index contributed by atoms with van der Waals surface area (Å²) in [5.74, 6) is 0.641. The Morgan fingerprint density at radius 2 is 1.93 bits per heavy atom. The van der Waals surface area contributed by atoms with Gasteiger partial charge in [-0.15, -0.1) is 23.4 Å². The van der Waals surface area contributed by atoms with Gasteiger partial charge in [-0.2, -0.15) is 0 Å². The molecule has 1 aromatic carbocycles. The van der Waals surface area contributed by atoms with E-state index in [1.165, 1.54) is 4.90 Å². The lowest BCUT2D eigenvalue weighted by molar-refractivity contribution is 1.11. The Kier molecular flexibility index (Phi) is 5.20. The third-order valence-corrected chi connectivity index (χ3v) is 2.85. The number of hydrogen-bond donors (Lipinski definition) is 1. The van der Waals surface area contributed by atoms with Crippen LogP contribution in [0.5, 0.6) is 0 Å². The largest absolute Gasteiger partial charge is 0.384 e. The zero-order valence-electron chi connectivity index (χ0n) is 8.59. The Hall–Kier alpha value is -0.340. The zero-order valence-corrected chi connectivity index (χ0v) is 10.2. The minimum atomic E-state index is 0.636. The third kappa shape index (κ3) is 4.25. The summed E-state index contributed by atoms with van der Waals surface area (Å²) in [4.78, 5) is 1.32. The van der Waals surface area contributed by atoms with Gasteiger partial charge in [0.2, 0.25) is 0 Å².